The van der Waals surface area contributed by atoms with Gasteiger partial charge >= 0.3 is 0 Å². The Labute approximate surface area is 165 Å². The van der Waals surface area contributed by atoms with Crippen LogP contribution in [-0.4, -0.2) is 56.7 Å². The van der Waals surface area contributed by atoms with Crippen LogP contribution in [0.15, 0.2) is 24.3 Å². The predicted molar refractivity (Wildman–Crippen MR) is 101 cm³/mol. The number of piperidine rings is 1. The van der Waals surface area contributed by atoms with E-state index in [1.807, 2.05) is 0 Å². The molecule has 1 N–H and O–H groups in total. The Morgan fingerprint density at radius 3 is 2.50 bits per heavy atom. The summed E-state index contributed by atoms with van der Waals surface area (Å²) >= 11 is 1.41. The summed E-state index contributed by atoms with van der Waals surface area (Å²) < 4.78 is 26.7. The molecule has 2 saturated heterocycles. The molecule has 1 spiro atoms. The first kappa shape index (κ1) is 18.0. The van der Waals surface area contributed by atoms with E-state index in [1.165, 1.54) is 28.0 Å². The third-order valence-electron chi connectivity index (χ3n) is 5.48. The number of ether oxygens (including phenoxy) is 2. The number of nitrogens with zero attached hydrogens (tertiary/aromatic N) is 4. The molecular formula is C19H21FN4O3S. The van der Waals surface area contributed by atoms with Gasteiger partial charge in [-0.3, -0.25) is 4.90 Å². The summed E-state index contributed by atoms with van der Waals surface area (Å²) in [7, 11) is 0. The number of aromatic nitrogens is 3. The van der Waals surface area contributed by atoms with Crippen molar-refractivity contribution in [1.29, 1.82) is 0 Å². The van der Waals surface area contributed by atoms with Gasteiger partial charge in [0.15, 0.2) is 5.79 Å². The van der Waals surface area contributed by atoms with Crippen LogP contribution in [0, 0.1) is 12.7 Å². The summed E-state index contributed by atoms with van der Waals surface area (Å²) in [5, 5.41) is 15.1. The van der Waals surface area contributed by atoms with Gasteiger partial charge in [0, 0.05) is 25.9 Å². The lowest BCUT2D eigenvalue weighted by molar-refractivity contribution is -0.187. The minimum absolute atomic E-state index is 0.0866. The number of benzene rings is 1. The van der Waals surface area contributed by atoms with E-state index in [0.717, 1.165) is 36.4 Å². The lowest BCUT2D eigenvalue weighted by Crippen LogP contribution is -2.46. The fourth-order valence-electron chi connectivity index (χ4n) is 4.11. The number of rotatable bonds is 3. The maximum atomic E-state index is 13.5. The molecule has 1 atom stereocenters. The van der Waals surface area contributed by atoms with E-state index in [1.54, 1.807) is 19.1 Å². The number of fused-ring (bicyclic) bond motifs is 1. The molecule has 2 aliphatic rings. The van der Waals surface area contributed by atoms with Crippen molar-refractivity contribution in [2.75, 3.05) is 26.3 Å². The molecule has 2 aromatic heterocycles. The Bertz CT molecular complexity index is 987. The number of halogens is 1. The third kappa shape index (κ3) is 2.98. The topological polar surface area (TPSA) is 72.1 Å². The maximum absolute atomic E-state index is 13.5. The van der Waals surface area contributed by atoms with Crippen molar-refractivity contribution in [3.8, 4) is 5.88 Å². The molecule has 0 aliphatic carbocycles. The van der Waals surface area contributed by atoms with Crippen LogP contribution >= 0.6 is 11.3 Å². The van der Waals surface area contributed by atoms with Crippen molar-refractivity contribution in [3.05, 3.63) is 46.3 Å². The molecule has 0 bridgehead atoms. The van der Waals surface area contributed by atoms with E-state index in [4.69, 9.17) is 9.47 Å². The van der Waals surface area contributed by atoms with Gasteiger partial charge in [-0.1, -0.05) is 23.5 Å². The highest BCUT2D eigenvalue weighted by Gasteiger charge is 2.42. The molecule has 7 nitrogen and oxygen atoms in total. The molecule has 2 fully saturated rings. The highest BCUT2D eigenvalue weighted by molar-refractivity contribution is 7.17. The van der Waals surface area contributed by atoms with Gasteiger partial charge in [-0.2, -0.15) is 4.52 Å². The summed E-state index contributed by atoms with van der Waals surface area (Å²) in [5.41, 5.74) is 0.919. The summed E-state index contributed by atoms with van der Waals surface area (Å²) in [6.07, 6.45) is 1.51. The van der Waals surface area contributed by atoms with Crippen molar-refractivity contribution in [2.45, 2.75) is 31.6 Å². The molecule has 28 heavy (non-hydrogen) atoms. The van der Waals surface area contributed by atoms with Crippen LogP contribution in [0.1, 0.15) is 35.1 Å². The summed E-state index contributed by atoms with van der Waals surface area (Å²) in [4.78, 5) is 8.06. The van der Waals surface area contributed by atoms with Crippen molar-refractivity contribution in [1.82, 2.24) is 19.5 Å². The van der Waals surface area contributed by atoms with E-state index >= 15 is 0 Å². The average molecular weight is 404 g/mol. The van der Waals surface area contributed by atoms with Crippen molar-refractivity contribution in [2.24, 2.45) is 0 Å². The zero-order valence-corrected chi connectivity index (χ0v) is 16.3. The van der Waals surface area contributed by atoms with Gasteiger partial charge < -0.3 is 14.6 Å². The van der Waals surface area contributed by atoms with Crippen molar-refractivity contribution in [3.63, 3.8) is 0 Å². The van der Waals surface area contributed by atoms with Crippen LogP contribution in [0.4, 0.5) is 4.39 Å². The van der Waals surface area contributed by atoms with E-state index in [-0.39, 0.29) is 17.7 Å². The molecule has 3 aromatic rings. The minimum Gasteiger partial charge on any atom is -0.492 e. The van der Waals surface area contributed by atoms with Gasteiger partial charge in [0.2, 0.25) is 10.8 Å². The molecule has 0 saturated carbocycles. The first-order chi connectivity index (χ1) is 13.5. The van der Waals surface area contributed by atoms with Crippen molar-refractivity contribution < 1.29 is 19.0 Å². The molecule has 9 heteroatoms. The number of likely N-dealkylation sites (tertiary alicyclic amines) is 1. The minimum atomic E-state index is -0.478. The number of hydrogen-bond acceptors (Lipinski definition) is 7. The monoisotopic (exact) mass is 404 g/mol. The Morgan fingerprint density at radius 2 is 1.86 bits per heavy atom. The number of aromatic hydroxyl groups is 1. The molecule has 0 radical (unpaired) electrons. The molecule has 5 rings (SSSR count). The van der Waals surface area contributed by atoms with E-state index in [9.17, 15) is 9.50 Å². The van der Waals surface area contributed by atoms with Gasteiger partial charge in [-0.05, 0) is 24.6 Å². The highest BCUT2D eigenvalue weighted by atomic mass is 32.1. The first-order valence-corrected chi connectivity index (χ1v) is 10.2. The lowest BCUT2D eigenvalue weighted by Gasteiger charge is -2.41. The van der Waals surface area contributed by atoms with Gasteiger partial charge in [-0.25, -0.2) is 9.37 Å². The molecule has 0 unspecified atom stereocenters. The molecule has 148 valence electrons. The number of thiazole rings is 1. The maximum Gasteiger partial charge on any atom is 0.230 e. The van der Waals surface area contributed by atoms with E-state index < -0.39 is 5.79 Å². The highest BCUT2D eigenvalue weighted by Crippen LogP contribution is 2.42. The van der Waals surface area contributed by atoms with Crippen molar-refractivity contribution >= 4 is 16.3 Å². The second kappa shape index (κ2) is 6.77. The Balaban J connectivity index is 1.52. The van der Waals surface area contributed by atoms with Crippen LogP contribution in [-0.2, 0) is 9.47 Å². The molecule has 0 amide bonds. The Hall–Kier alpha value is -2.07. The predicted octanol–water partition coefficient (Wildman–Crippen LogP) is 2.87. The second-order valence-corrected chi connectivity index (χ2v) is 8.25. The smallest absolute Gasteiger partial charge is 0.230 e. The molecule has 2 aliphatic heterocycles. The quantitative estimate of drug-likeness (QED) is 0.724. The molecular weight excluding hydrogens is 383 g/mol. The Kier molecular flexibility index (Phi) is 4.35. The van der Waals surface area contributed by atoms with Gasteiger partial charge in [0.25, 0.3) is 0 Å². The SMILES string of the molecule is Cc1nc2sc([C@H](c3ccc(F)cc3)N3CCC4(CC3)OCCO4)c(O)n2n1. The van der Waals surface area contributed by atoms with Crippen LogP contribution in [0.2, 0.25) is 0 Å². The second-order valence-electron chi connectivity index (χ2n) is 7.24. The average Bonchev–Trinajstić information content (AvgIpc) is 3.37. The fraction of sp³-hybridized carbons (Fsp3) is 0.474. The van der Waals surface area contributed by atoms with Crippen LogP contribution in [0.5, 0.6) is 5.88 Å². The summed E-state index contributed by atoms with van der Waals surface area (Å²) in [6.45, 7) is 4.55. The largest absolute Gasteiger partial charge is 0.492 e. The summed E-state index contributed by atoms with van der Waals surface area (Å²) in [6, 6.07) is 6.24. The standard InChI is InChI=1S/C19H21FN4O3S/c1-12-21-18-24(22-12)17(25)16(28-18)15(13-2-4-14(20)5-3-13)23-8-6-19(7-9-23)26-10-11-27-19/h2-5,15,25H,6-11H2,1H3/t15-/m0/s1. The van der Waals surface area contributed by atoms with E-state index in [2.05, 4.69) is 15.0 Å². The van der Waals surface area contributed by atoms with Gasteiger partial charge in [0.05, 0.1) is 24.1 Å². The molecule has 1 aromatic carbocycles. The Morgan fingerprint density at radius 1 is 1.18 bits per heavy atom. The molecule has 4 heterocycles. The number of hydrogen-bond donors (Lipinski definition) is 1. The van der Waals surface area contributed by atoms with Crippen LogP contribution in [0.25, 0.3) is 4.96 Å². The zero-order valence-electron chi connectivity index (χ0n) is 15.5. The van der Waals surface area contributed by atoms with Crippen LogP contribution < -0.4 is 0 Å². The normalized spacial score (nSPS) is 20.9. The van der Waals surface area contributed by atoms with Gasteiger partial charge in [0.1, 0.15) is 11.6 Å². The van der Waals surface area contributed by atoms with E-state index in [0.29, 0.717) is 24.0 Å². The zero-order chi connectivity index (χ0) is 19.3. The van der Waals surface area contributed by atoms with Crippen LogP contribution in [0.3, 0.4) is 0 Å². The summed E-state index contributed by atoms with van der Waals surface area (Å²) in [5.74, 6) is -0.0602. The first-order valence-electron chi connectivity index (χ1n) is 9.37. The fourth-order valence-corrected chi connectivity index (χ4v) is 5.27. The lowest BCUT2D eigenvalue weighted by atomic mass is 9.97. The third-order valence-corrected chi connectivity index (χ3v) is 6.55. The number of aryl methyl sites for hydroxylation is 1. The van der Waals surface area contributed by atoms with Gasteiger partial charge in [-0.15, -0.1) is 5.10 Å².